The maximum Gasteiger partial charge on any atom is 0.416 e. The molecule has 1 atom stereocenters. The van der Waals surface area contributed by atoms with Gasteiger partial charge >= 0.3 is 6.18 Å². The minimum atomic E-state index is -4.58. The van der Waals surface area contributed by atoms with Gasteiger partial charge in [-0.25, -0.2) is 0 Å². The van der Waals surface area contributed by atoms with E-state index < -0.39 is 23.4 Å². The molecular weight excluding hydrogens is 603 g/mol. The van der Waals surface area contributed by atoms with E-state index in [1.165, 1.54) is 13.2 Å². The number of aromatic nitrogens is 1. The van der Waals surface area contributed by atoms with Crippen molar-refractivity contribution in [3.05, 3.63) is 81.6 Å². The van der Waals surface area contributed by atoms with E-state index in [0.29, 0.717) is 22.9 Å². The molecule has 4 aromatic rings. The van der Waals surface area contributed by atoms with Crippen molar-refractivity contribution in [3.8, 4) is 22.6 Å². The Kier molecular flexibility index (Phi) is 9.45. The number of aliphatic hydroxyl groups is 1. The van der Waals surface area contributed by atoms with Gasteiger partial charge in [-0.3, -0.25) is 9.69 Å². The summed E-state index contributed by atoms with van der Waals surface area (Å²) >= 11 is 7.38. The van der Waals surface area contributed by atoms with Crippen molar-refractivity contribution in [2.75, 3.05) is 57.6 Å². The van der Waals surface area contributed by atoms with Gasteiger partial charge in [0.2, 0.25) is 0 Å². The summed E-state index contributed by atoms with van der Waals surface area (Å²) < 4.78 is 52.1. The fourth-order valence-electron chi connectivity index (χ4n) is 5.32. The van der Waals surface area contributed by atoms with Crippen molar-refractivity contribution in [1.29, 1.82) is 0 Å². The second-order valence-electron chi connectivity index (χ2n) is 10.2. The number of aromatic amines is 1. The fourth-order valence-corrected chi connectivity index (χ4v) is 6.51. The molecule has 3 aromatic carbocycles. The maximum atomic E-state index is 13.7. The number of H-pyrrole nitrogens is 1. The molecule has 1 unspecified atom stereocenters. The topological polar surface area (TPSA) is 78.0 Å². The summed E-state index contributed by atoms with van der Waals surface area (Å²) in [6, 6.07) is 15.8. The van der Waals surface area contributed by atoms with Gasteiger partial charge in [-0.1, -0.05) is 23.7 Å². The normalized spacial score (nSPS) is 15.1. The fraction of sp³-hybridized carbons (Fsp3) is 0.323. The number of halogens is 4. The number of para-hydroxylation sites is 2. The minimum absolute atomic E-state index is 0.149. The Morgan fingerprint density at radius 2 is 1.72 bits per heavy atom. The van der Waals surface area contributed by atoms with Crippen LogP contribution in [0.3, 0.4) is 0 Å². The number of benzene rings is 3. The molecule has 0 radical (unpaired) electrons. The zero-order chi connectivity index (χ0) is 30.7. The molecule has 2 heterocycles. The summed E-state index contributed by atoms with van der Waals surface area (Å²) in [5.41, 5.74) is 0.591. The number of hydrogen-bond donors (Lipinski definition) is 2. The number of β-amino-alcohol motifs (C(OH)–C–C–N with tert-alkyl or cyclic N) is 1. The van der Waals surface area contributed by atoms with E-state index in [1.807, 2.05) is 24.3 Å². The van der Waals surface area contributed by atoms with Crippen LogP contribution in [-0.4, -0.2) is 73.8 Å². The third kappa shape index (κ3) is 6.90. The molecule has 228 valence electrons. The molecule has 0 saturated carbocycles. The van der Waals surface area contributed by atoms with E-state index in [4.69, 9.17) is 21.1 Å². The van der Waals surface area contributed by atoms with E-state index in [9.17, 15) is 23.1 Å². The Morgan fingerprint density at radius 1 is 1.00 bits per heavy atom. The van der Waals surface area contributed by atoms with E-state index in [2.05, 4.69) is 14.8 Å². The summed E-state index contributed by atoms with van der Waals surface area (Å²) in [5.74, 6) is 1.31. The Balaban J connectivity index is 1.39. The van der Waals surface area contributed by atoms with Crippen molar-refractivity contribution in [2.45, 2.75) is 17.2 Å². The second kappa shape index (κ2) is 13.1. The number of anilines is 1. The van der Waals surface area contributed by atoms with E-state index >= 15 is 0 Å². The number of aliphatic hydroxyl groups excluding tert-OH is 1. The van der Waals surface area contributed by atoms with Gasteiger partial charge in [0, 0.05) is 65.5 Å². The number of hydrogen-bond acceptors (Lipinski definition) is 7. The Bertz CT molecular complexity index is 1660. The van der Waals surface area contributed by atoms with Crippen molar-refractivity contribution in [3.63, 3.8) is 0 Å². The van der Waals surface area contributed by atoms with Crippen LogP contribution in [0.15, 0.2) is 70.4 Å². The first-order valence-electron chi connectivity index (χ1n) is 13.6. The third-order valence-corrected chi connectivity index (χ3v) is 8.88. The summed E-state index contributed by atoms with van der Waals surface area (Å²) in [4.78, 5) is 20.6. The molecule has 0 bridgehead atoms. The predicted molar refractivity (Wildman–Crippen MR) is 165 cm³/mol. The summed E-state index contributed by atoms with van der Waals surface area (Å²) in [6.07, 6.45) is -5.38. The SMILES string of the molecule is COc1ccc(Cl)cc1-c1c(SCC(O)CN2CCN(c3ccccc3OC)CC2)c(=O)[nH]c2ccc(C(F)(F)F)cc12. The van der Waals surface area contributed by atoms with Gasteiger partial charge in [0.05, 0.1) is 36.5 Å². The van der Waals surface area contributed by atoms with Crippen LogP contribution in [0.25, 0.3) is 22.0 Å². The van der Waals surface area contributed by atoms with E-state index in [1.54, 1.807) is 25.3 Å². The number of ether oxygens (including phenoxy) is 2. The lowest BCUT2D eigenvalue weighted by Gasteiger charge is -2.37. The molecule has 5 rings (SSSR count). The van der Waals surface area contributed by atoms with E-state index in [-0.39, 0.29) is 27.1 Å². The number of piperazine rings is 1. The molecule has 1 aliphatic heterocycles. The smallest absolute Gasteiger partial charge is 0.416 e. The number of nitrogens with one attached hydrogen (secondary N) is 1. The minimum Gasteiger partial charge on any atom is -0.496 e. The van der Waals surface area contributed by atoms with Crippen LogP contribution in [0.4, 0.5) is 18.9 Å². The van der Waals surface area contributed by atoms with Crippen molar-refractivity contribution >= 4 is 40.0 Å². The molecule has 1 fully saturated rings. The largest absolute Gasteiger partial charge is 0.496 e. The Morgan fingerprint density at radius 3 is 2.42 bits per heavy atom. The molecule has 7 nitrogen and oxygen atoms in total. The van der Waals surface area contributed by atoms with Gasteiger partial charge < -0.3 is 24.5 Å². The molecule has 43 heavy (non-hydrogen) atoms. The van der Waals surface area contributed by atoms with Gasteiger partial charge in [-0.15, -0.1) is 11.8 Å². The molecule has 0 amide bonds. The van der Waals surface area contributed by atoms with Gasteiger partial charge in [0.25, 0.3) is 5.56 Å². The first-order chi connectivity index (χ1) is 20.6. The van der Waals surface area contributed by atoms with Gasteiger partial charge in [-0.2, -0.15) is 13.2 Å². The zero-order valence-electron chi connectivity index (χ0n) is 23.6. The van der Waals surface area contributed by atoms with Crippen LogP contribution in [0.1, 0.15) is 5.56 Å². The first-order valence-corrected chi connectivity index (χ1v) is 15.0. The van der Waals surface area contributed by atoms with E-state index in [0.717, 1.165) is 61.5 Å². The molecule has 0 aliphatic carbocycles. The van der Waals surface area contributed by atoms with Crippen LogP contribution in [0.2, 0.25) is 5.02 Å². The number of methoxy groups -OCH3 is 2. The highest BCUT2D eigenvalue weighted by Gasteiger charge is 2.31. The monoisotopic (exact) mass is 633 g/mol. The van der Waals surface area contributed by atoms with Crippen LogP contribution in [0.5, 0.6) is 11.5 Å². The third-order valence-electron chi connectivity index (χ3n) is 7.42. The molecule has 2 N–H and O–H groups in total. The number of pyridine rings is 1. The van der Waals surface area contributed by atoms with Crippen LogP contribution in [-0.2, 0) is 6.18 Å². The predicted octanol–water partition coefficient (Wildman–Crippen LogP) is 6.16. The summed E-state index contributed by atoms with van der Waals surface area (Å²) in [7, 11) is 3.08. The number of rotatable bonds is 9. The van der Waals surface area contributed by atoms with Gasteiger partial charge in [-0.05, 0) is 48.5 Å². The van der Waals surface area contributed by atoms with Crippen LogP contribution >= 0.6 is 23.4 Å². The van der Waals surface area contributed by atoms with Crippen LogP contribution in [0, 0.1) is 0 Å². The zero-order valence-corrected chi connectivity index (χ0v) is 25.2. The molecule has 1 saturated heterocycles. The van der Waals surface area contributed by atoms with Crippen molar-refractivity contribution < 1.29 is 27.8 Å². The molecular formula is C31H31ClF3N3O4S. The Hall–Kier alpha value is -3.38. The summed E-state index contributed by atoms with van der Waals surface area (Å²) in [6.45, 7) is 3.34. The lowest BCUT2D eigenvalue weighted by Crippen LogP contribution is -2.49. The lowest BCUT2D eigenvalue weighted by atomic mass is 9.98. The lowest BCUT2D eigenvalue weighted by molar-refractivity contribution is -0.137. The highest BCUT2D eigenvalue weighted by molar-refractivity contribution is 7.99. The Labute approximate surface area is 256 Å². The first kappa shape index (κ1) is 31.1. The molecule has 1 aliphatic rings. The summed E-state index contributed by atoms with van der Waals surface area (Å²) in [5, 5.41) is 11.5. The van der Waals surface area contributed by atoms with Gasteiger partial charge in [0.15, 0.2) is 0 Å². The van der Waals surface area contributed by atoms with Crippen molar-refractivity contribution in [1.82, 2.24) is 9.88 Å². The maximum absolute atomic E-state index is 13.7. The number of thioether (sulfide) groups is 1. The number of alkyl halides is 3. The average Bonchev–Trinajstić information content (AvgIpc) is 2.99. The number of nitrogens with zero attached hydrogens (tertiary/aromatic N) is 2. The highest BCUT2D eigenvalue weighted by Crippen LogP contribution is 2.42. The quantitative estimate of drug-likeness (QED) is 0.214. The standard InChI is InChI=1S/C31H31ClF3N3O4S/c1-41-26-10-8-20(32)16-23(26)28-22-15-19(31(33,34)35)7-9-24(22)36-30(40)29(28)43-18-21(39)17-37-11-13-38(14-12-37)25-5-3-4-6-27(25)42-2/h3-10,15-16,21,39H,11-14,17-18H2,1-2H3,(H,36,40). The molecule has 0 spiro atoms. The van der Waals surface area contributed by atoms with Crippen molar-refractivity contribution in [2.24, 2.45) is 0 Å². The second-order valence-corrected chi connectivity index (χ2v) is 11.7. The van der Waals surface area contributed by atoms with Gasteiger partial charge in [0.1, 0.15) is 11.5 Å². The molecule has 12 heteroatoms. The average molecular weight is 634 g/mol. The van der Waals surface area contributed by atoms with Crippen LogP contribution < -0.4 is 19.9 Å². The highest BCUT2D eigenvalue weighted by atomic mass is 35.5. The number of fused-ring (bicyclic) bond motifs is 1. The molecule has 1 aromatic heterocycles.